The Balaban J connectivity index is 1.60. The zero-order valence-electron chi connectivity index (χ0n) is 14.9. The van der Waals surface area contributed by atoms with Gasteiger partial charge in [0.2, 0.25) is 17.6 Å². The lowest BCUT2D eigenvalue weighted by molar-refractivity contribution is -0.131. The van der Waals surface area contributed by atoms with Crippen molar-refractivity contribution in [2.45, 2.75) is 19.4 Å². The highest BCUT2D eigenvalue weighted by atomic mass is 35.5. The number of carbonyl (C=O) groups is 1. The third kappa shape index (κ3) is 5.18. The second-order valence-corrected chi connectivity index (χ2v) is 6.54. The number of carbonyl (C=O) groups excluding carboxylic acids is 1. The van der Waals surface area contributed by atoms with Gasteiger partial charge in [0, 0.05) is 30.0 Å². The van der Waals surface area contributed by atoms with Gasteiger partial charge in [0.15, 0.2) is 0 Å². The monoisotopic (exact) mass is 397 g/mol. The van der Waals surface area contributed by atoms with E-state index in [1.54, 1.807) is 36.4 Å². The molecule has 5 nitrogen and oxygen atoms in total. The Morgan fingerprint density at radius 2 is 1.89 bits per heavy atom. The molecule has 0 spiro atoms. The maximum absolute atomic E-state index is 13.0. The Labute approximate surface area is 167 Å². The first-order valence-electron chi connectivity index (χ1n) is 8.59. The summed E-state index contributed by atoms with van der Waals surface area (Å²) >= 11 is 5.87. The van der Waals surface area contributed by atoms with Crippen molar-refractivity contribution >= 4 is 17.5 Å². The zero-order chi connectivity index (χ0) is 19.9. The minimum absolute atomic E-state index is 0.145. The molecule has 1 amide bonds. The van der Waals surface area contributed by atoms with Crippen LogP contribution in [0.4, 0.5) is 4.39 Å². The molecule has 0 aliphatic heterocycles. The van der Waals surface area contributed by atoms with Crippen LogP contribution in [0.25, 0.3) is 11.4 Å². The molecule has 3 rings (SSSR count). The average molecular weight is 398 g/mol. The van der Waals surface area contributed by atoms with E-state index in [1.165, 1.54) is 17.0 Å². The summed E-state index contributed by atoms with van der Waals surface area (Å²) in [6.07, 6.45) is 5.84. The van der Waals surface area contributed by atoms with Gasteiger partial charge in [0.1, 0.15) is 5.82 Å². The maximum atomic E-state index is 13.0. The predicted molar refractivity (Wildman–Crippen MR) is 104 cm³/mol. The first-order valence-corrected chi connectivity index (χ1v) is 8.97. The van der Waals surface area contributed by atoms with Gasteiger partial charge in [0.05, 0.1) is 6.54 Å². The van der Waals surface area contributed by atoms with E-state index in [9.17, 15) is 9.18 Å². The Morgan fingerprint density at radius 1 is 1.18 bits per heavy atom. The molecular formula is C21H17ClFN3O2. The van der Waals surface area contributed by atoms with Crippen molar-refractivity contribution in [1.29, 1.82) is 0 Å². The molecule has 0 unspecified atom stereocenters. The lowest BCUT2D eigenvalue weighted by atomic mass is 10.2. The fraction of sp³-hybridized carbons (Fsp3) is 0.190. The standard InChI is InChI=1S/C21H17ClFN3O2/c1-2-13-26(14-15-3-9-18(23)10-4-15)20(27)12-11-19-24-21(25-28-19)16-5-7-17(22)8-6-16/h1,3-10H,11-14H2. The molecule has 1 aromatic heterocycles. The molecule has 0 N–H and O–H groups in total. The molecule has 7 heteroatoms. The van der Waals surface area contributed by atoms with E-state index in [1.807, 2.05) is 0 Å². The average Bonchev–Trinajstić information content (AvgIpc) is 3.17. The highest BCUT2D eigenvalue weighted by Crippen LogP contribution is 2.19. The van der Waals surface area contributed by atoms with Gasteiger partial charge in [-0.3, -0.25) is 4.79 Å². The Hall–Kier alpha value is -3.17. The number of halogens is 2. The second-order valence-electron chi connectivity index (χ2n) is 6.10. The van der Waals surface area contributed by atoms with E-state index in [4.69, 9.17) is 22.5 Å². The van der Waals surface area contributed by atoms with Crippen molar-refractivity contribution < 1.29 is 13.7 Å². The molecule has 0 bridgehead atoms. The van der Waals surface area contributed by atoms with Crippen LogP contribution in [0, 0.1) is 18.2 Å². The largest absolute Gasteiger partial charge is 0.339 e. The molecule has 0 saturated carbocycles. The lowest BCUT2D eigenvalue weighted by Gasteiger charge is -2.20. The molecule has 0 aliphatic rings. The van der Waals surface area contributed by atoms with Crippen LogP contribution in [0.3, 0.4) is 0 Å². The summed E-state index contributed by atoms with van der Waals surface area (Å²) < 4.78 is 18.3. The Bertz CT molecular complexity index is 978. The Morgan fingerprint density at radius 3 is 2.57 bits per heavy atom. The van der Waals surface area contributed by atoms with Gasteiger partial charge in [0.25, 0.3) is 0 Å². The minimum Gasteiger partial charge on any atom is -0.339 e. The molecule has 1 heterocycles. The third-order valence-corrected chi connectivity index (χ3v) is 4.30. The lowest BCUT2D eigenvalue weighted by Crippen LogP contribution is -2.31. The highest BCUT2D eigenvalue weighted by molar-refractivity contribution is 6.30. The summed E-state index contributed by atoms with van der Waals surface area (Å²) in [5.41, 5.74) is 1.57. The van der Waals surface area contributed by atoms with E-state index in [2.05, 4.69) is 16.1 Å². The van der Waals surface area contributed by atoms with Crippen LogP contribution in [0.2, 0.25) is 5.02 Å². The van der Waals surface area contributed by atoms with Gasteiger partial charge in [-0.1, -0.05) is 34.8 Å². The summed E-state index contributed by atoms with van der Waals surface area (Å²) in [5.74, 6) is 2.80. The first kappa shape index (κ1) is 19.6. The van der Waals surface area contributed by atoms with Gasteiger partial charge in [-0.2, -0.15) is 4.98 Å². The molecule has 3 aromatic rings. The van der Waals surface area contributed by atoms with E-state index >= 15 is 0 Å². The van der Waals surface area contributed by atoms with Crippen LogP contribution in [-0.2, 0) is 17.8 Å². The maximum Gasteiger partial charge on any atom is 0.227 e. The molecular weight excluding hydrogens is 381 g/mol. The Kier molecular flexibility index (Phi) is 6.41. The van der Waals surface area contributed by atoms with Gasteiger partial charge >= 0.3 is 0 Å². The number of hydrogen-bond acceptors (Lipinski definition) is 4. The van der Waals surface area contributed by atoms with Crippen molar-refractivity contribution in [3.8, 4) is 23.7 Å². The summed E-state index contributed by atoms with van der Waals surface area (Å²) in [6.45, 7) is 0.471. The number of aryl methyl sites for hydroxylation is 1. The molecule has 142 valence electrons. The topological polar surface area (TPSA) is 59.2 Å². The molecule has 0 saturated heterocycles. The van der Waals surface area contributed by atoms with E-state index < -0.39 is 0 Å². The van der Waals surface area contributed by atoms with E-state index in [0.29, 0.717) is 29.7 Å². The van der Waals surface area contributed by atoms with Crippen LogP contribution < -0.4 is 0 Å². The molecule has 0 radical (unpaired) electrons. The van der Waals surface area contributed by atoms with E-state index in [0.717, 1.165) is 11.1 Å². The summed E-state index contributed by atoms with van der Waals surface area (Å²) in [5, 5.41) is 4.55. The number of amides is 1. The summed E-state index contributed by atoms with van der Waals surface area (Å²) in [7, 11) is 0. The first-order chi connectivity index (χ1) is 13.5. The number of hydrogen-bond donors (Lipinski definition) is 0. The molecule has 0 fully saturated rings. The minimum atomic E-state index is -0.327. The van der Waals surface area contributed by atoms with E-state index in [-0.39, 0.29) is 24.7 Å². The second kappa shape index (κ2) is 9.16. The van der Waals surface area contributed by atoms with Crippen molar-refractivity contribution in [1.82, 2.24) is 15.0 Å². The summed E-state index contributed by atoms with van der Waals surface area (Å²) in [4.78, 5) is 18.4. The SMILES string of the molecule is C#CCN(Cc1ccc(F)cc1)C(=O)CCc1nc(-c2ccc(Cl)cc2)no1. The number of terminal acetylenes is 1. The van der Waals surface area contributed by atoms with Crippen LogP contribution in [0.1, 0.15) is 17.9 Å². The third-order valence-electron chi connectivity index (χ3n) is 4.04. The number of benzene rings is 2. The molecule has 0 atom stereocenters. The van der Waals surface area contributed by atoms with Crippen LogP contribution in [0.15, 0.2) is 53.1 Å². The molecule has 28 heavy (non-hydrogen) atoms. The number of rotatable bonds is 7. The van der Waals surface area contributed by atoms with Crippen LogP contribution in [-0.4, -0.2) is 27.5 Å². The molecule has 0 aliphatic carbocycles. The number of nitrogens with zero attached hydrogens (tertiary/aromatic N) is 3. The fourth-order valence-corrected chi connectivity index (χ4v) is 2.72. The van der Waals surface area contributed by atoms with Crippen molar-refractivity contribution in [3.05, 3.63) is 70.8 Å². The van der Waals surface area contributed by atoms with Crippen molar-refractivity contribution in [2.75, 3.05) is 6.54 Å². The normalized spacial score (nSPS) is 10.5. The van der Waals surface area contributed by atoms with Crippen LogP contribution >= 0.6 is 11.6 Å². The van der Waals surface area contributed by atoms with Crippen LogP contribution in [0.5, 0.6) is 0 Å². The van der Waals surface area contributed by atoms with Gasteiger partial charge in [-0.15, -0.1) is 6.42 Å². The predicted octanol–water partition coefficient (Wildman–Crippen LogP) is 4.12. The van der Waals surface area contributed by atoms with Gasteiger partial charge < -0.3 is 9.42 Å². The van der Waals surface area contributed by atoms with Gasteiger partial charge in [-0.25, -0.2) is 4.39 Å². The van der Waals surface area contributed by atoms with Gasteiger partial charge in [-0.05, 0) is 42.0 Å². The fourth-order valence-electron chi connectivity index (χ4n) is 2.60. The zero-order valence-corrected chi connectivity index (χ0v) is 15.7. The summed E-state index contributed by atoms with van der Waals surface area (Å²) in [6, 6.07) is 13.0. The number of aromatic nitrogens is 2. The van der Waals surface area contributed by atoms with Crippen molar-refractivity contribution in [3.63, 3.8) is 0 Å². The van der Waals surface area contributed by atoms with Crippen molar-refractivity contribution in [2.24, 2.45) is 0 Å². The molecule has 2 aromatic carbocycles. The highest BCUT2D eigenvalue weighted by Gasteiger charge is 2.16. The quantitative estimate of drug-likeness (QED) is 0.562. The smallest absolute Gasteiger partial charge is 0.227 e.